The van der Waals surface area contributed by atoms with Crippen molar-refractivity contribution >= 4 is 29.1 Å². The Kier molecular flexibility index (Phi) is 6.63. The van der Waals surface area contributed by atoms with Crippen LogP contribution in [-0.2, 0) is 22.6 Å². The maximum absolute atomic E-state index is 12.2. The number of hydrogen-bond acceptors (Lipinski definition) is 2. The molecule has 8 heteroatoms. The van der Waals surface area contributed by atoms with Crippen molar-refractivity contribution < 1.29 is 22.8 Å². The summed E-state index contributed by atoms with van der Waals surface area (Å²) >= 11 is 6.03. The fourth-order valence-corrected chi connectivity index (χ4v) is 2.38. The van der Waals surface area contributed by atoms with Crippen LogP contribution in [-0.4, -0.2) is 18.0 Å². The van der Waals surface area contributed by atoms with Crippen molar-refractivity contribution in [3.05, 3.63) is 64.7 Å². The van der Waals surface area contributed by atoms with Crippen LogP contribution in [0.3, 0.4) is 0 Å². The van der Waals surface area contributed by atoms with Gasteiger partial charge >= 0.3 is 12.1 Å². The highest BCUT2D eigenvalue weighted by Gasteiger charge is 2.38. The van der Waals surface area contributed by atoms with Gasteiger partial charge in [0.05, 0.1) is 0 Å². The normalized spacial score (nSPS) is 11.1. The Morgan fingerprint density at radius 3 is 2.27 bits per heavy atom. The van der Waals surface area contributed by atoms with Gasteiger partial charge in [0.2, 0.25) is 5.91 Å². The van der Waals surface area contributed by atoms with E-state index in [9.17, 15) is 22.8 Å². The van der Waals surface area contributed by atoms with E-state index in [1.165, 1.54) is 24.3 Å². The van der Waals surface area contributed by atoms with E-state index >= 15 is 0 Å². The predicted molar refractivity (Wildman–Crippen MR) is 92.7 cm³/mol. The number of benzene rings is 2. The number of amides is 2. The Bertz CT molecular complexity index is 777. The second kappa shape index (κ2) is 8.71. The Morgan fingerprint density at radius 1 is 1.00 bits per heavy atom. The number of rotatable bonds is 6. The SMILES string of the molecule is O=C(CCc1ccccc1Cl)NCc1ccc(NC(=O)C(F)(F)F)cc1. The van der Waals surface area contributed by atoms with Crippen LogP contribution in [0.2, 0.25) is 5.02 Å². The number of anilines is 1. The molecular weight excluding hydrogens is 369 g/mol. The quantitative estimate of drug-likeness (QED) is 0.788. The molecule has 0 spiro atoms. The lowest BCUT2D eigenvalue weighted by atomic mass is 10.1. The molecule has 0 aliphatic carbocycles. The number of alkyl halides is 3. The molecule has 0 bridgehead atoms. The largest absolute Gasteiger partial charge is 0.471 e. The Morgan fingerprint density at radius 2 is 1.65 bits per heavy atom. The van der Waals surface area contributed by atoms with Crippen LogP contribution in [0.1, 0.15) is 17.5 Å². The Labute approximate surface area is 153 Å². The third-order valence-electron chi connectivity index (χ3n) is 3.54. The standard InChI is InChI=1S/C18H16ClF3N2O2/c19-15-4-2-1-3-13(15)7-10-16(25)23-11-12-5-8-14(9-6-12)24-17(26)18(20,21)22/h1-6,8-9H,7,10-11H2,(H,23,25)(H,24,26). The molecule has 0 unspecified atom stereocenters. The molecule has 0 atom stereocenters. The van der Waals surface area contributed by atoms with E-state index in [1.54, 1.807) is 11.4 Å². The minimum absolute atomic E-state index is 0.0288. The van der Waals surface area contributed by atoms with Crippen LogP contribution in [0.4, 0.5) is 18.9 Å². The van der Waals surface area contributed by atoms with E-state index in [4.69, 9.17) is 11.6 Å². The van der Waals surface area contributed by atoms with Crippen molar-refractivity contribution in [1.29, 1.82) is 0 Å². The Hall–Kier alpha value is -2.54. The first-order chi connectivity index (χ1) is 12.3. The topological polar surface area (TPSA) is 58.2 Å². The lowest BCUT2D eigenvalue weighted by Gasteiger charge is -2.09. The molecular formula is C18H16ClF3N2O2. The molecule has 0 saturated heterocycles. The fourth-order valence-electron chi connectivity index (χ4n) is 2.15. The molecule has 2 rings (SSSR count). The summed E-state index contributed by atoms with van der Waals surface area (Å²) in [6.45, 7) is 0.231. The van der Waals surface area contributed by atoms with Gasteiger partial charge in [0.1, 0.15) is 0 Å². The van der Waals surface area contributed by atoms with E-state index in [0.717, 1.165) is 5.56 Å². The van der Waals surface area contributed by atoms with Gasteiger partial charge in [-0.3, -0.25) is 9.59 Å². The first kappa shape index (κ1) is 19.8. The number of hydrogen-bond donors (Lipinski definition) is 2. The highest BCUT2D eigenvalue weighted by atomic mass is 35.5. The molecule has 26 heavy (non-hydrogen) atoms. The zero-order chi connectivity index (χ0) is 19.2. The number of aryl methyl sites for hydroxylation is 1. The number of halogens is 4. The third-order valence-corrected chi connectivity index (χ3v) is 3.91. The fraction of sp³-hybridized carbons (Fsp3) is 0.222. The zero-order valence-electron chi connectivity index (χ0n) is 13.6. The summed E-state index contributed by atoms with van der Waals surface area (Å²) in [6, 6.07) is 13.0. The van der Waals surface area contributed by atoms with Crippen molar-refractivity contribution in [3.8, 4) is 0 Å². The summed E-state index contributed by atoms with van der Waals surface area (Å²) in [5.41, 5.74) is 1.61. The summed E-state index contributed by atoms with van der Waals surface area (Å²) in [7, 11) is 0. The van der Waals surface area contributed by atoms with E-state index in [-0.39, 0.29) is 24.6 Å². The minimum Gasteiger partial charge on any atom is -0.352 e. The average molecular weight is 385 g/mol. The molecule has 0 radical (unpaired) electrons. The zero-order valence-corrected chi connectivity index (χ0v) is 14.3. The highest BCUT2D eigenvalue weighted by Crippen LogP contribution is 2.19. The predicted octanol–water partition coefficient (Wildman–Crippen LogP) is 4.09. The van der Waals surface area contributed by atoms with Crippen LogP contribution in [0.15, 0.2) is 48.5 Å². The van der Waals surface area contributed by atoms with Gasteiger partial charge in [0.25, 0.3) is 0 Å². The van der Waals surface area contributed by atoms with Gasteiger partial charge in [-0.15, -0.1) is 0 Å². The van der Waals surface area contributed by atoms with Crippen molar-refractivity contribution in [2.45, 2.75) is 25.6 Å². The Balaban J connectivity index is 1.79. The molecule has 0 fully saturated rings. The monoisotopic (exact) mass is 384 g/mol. The van der Waals surface area contributed by atoms with Crippen LogP contribution in [0.5, 0.6) is 0 Å². The molecule has 138 valence electrons. The number of carbonyl (C=O) groups is 2. The van der Waals surface area contributed by atoms with Crippen molar-refractivity contribution in [2.24, 2.45) is 0 Å². The van der Waals surface area contributed by atoms with Gasteiger partial charge in [-0.2, -0.15) is 13.2 Å². The van der Waals surface area contributed by atoms with Crippen molar-refractivity contribution in [2.75, 3.05) is 5.32 Å². The van der Waals surface area contributed by atoms with Crippen LogP contribution in [0.25, 0.3) is 0 Å². The number of carbonyl (C=O) groups excluding carboxylic acids is 2. The van der Waals surface area contributed by atoms with Gasteiger partial charge in [0, 0.05) is 23.7 Å². The molecule has 2 N–H and O–H groups in total. The molecule has 2 aromatic rings. The van der Waals surface area contributed by atoms with E-state index < -0.39 is 12.1 Å². The van der Waals surface area contributed by atoms with Crippen LogP contribution < -0.4 is 10.6 Å². The summed E-state index contributed by atoms with van der Waals surface area (Å²) in [5.74, 6) is -2.20. The van der Waals surface area contributed by atoms with Gasteiger partial charge in [-0.25, -0.2) is 0 Å². The van der Waals surface area contributed by atoms with Crippen molar-refractivity contribution in [3.63, 3.8) is 0 Å². The van der Waals surface area contributed by atoms with Gasteiger partial charge < -0.3 is 10.6 Å². The molecule has 0 aliphatic heterocycles. The molecule has 0 aromatic heterocycles. The lowest BCUT2D eigenvalue weighted by molar-refractivity contribution is -0.167. The summed E-state index contributed by atoms with van der Waals surface area (Å²) in [4.78, 5) is 22.7. The second-order valence-electron chi connectivity index (χ2n) is 5.52. The second-order valence-corrected chi connectivity index (χ2v) is 5.92. The summed E-state index contributed by atoms with van der Waals surface area (Å²) in [5, 5.41) is 5.09. The first-order valence-electron chi connectivity index (χ1n) is 7.73. The average Bonchev–Trinajstić information content (AvgIpc) is 2.59. The maximum atomic E-state index is 12.2. The molecule has 4 nitrogen and oxygen atoms in total. The maximum Gasteiger partial charge on any atom is 0.471 e. The van der Waals surface area contributed by atoms with Crippen molar-refractivity contribution in [1.82, 2.24) is 5.32 Å². The first-order valence-corrected chi connectivity index (χ1v) is 8.11. The van der Waals surface area contributed by atoms with Gasteiger partial charge in [-0.05, 0) is 35.7 Å². The smallest absolute Gasteiger partial charge is 0.352 e. The molecule has 0 heterocycles. The van der Waals surface area contributed by atoms with Gasteiger partial charge in [0.15, 0.2) is 0 Å². The summed E-state index contributed by atoms with van der Waals surface area (Å²) in [6.07, 6.45) is -4.16. The van der Waals surface area contributed by atoms with E-state index in [2.05, 4.69) is 5.32 Å². The van der Waals surface area contributed by atoms with Crippen LogP contribution >= 0.6 is 11.6 Å². The molecule has 2 aromatic carbocycles. The van der Waals surface area contributed by atoms with Crippen LogP contribution in [0, 0.1) is 0 Å². The van der Waals surface area contributed by atoms with Gasteiger partial charge in [-0.1, -0.05) is 41.9 Å². The van der Waals surface area contributed by atoms with E-state index in [0.29, 0.717) is 17.0 Å². The summed E-state index contributed by atoms with van der Waals surface area (Å²) < 4.78 is 36.5. The number of nitrogens with one attached hydrogen (secondary N) is 2. The molecule has 0 saturated carbocycles. The molecule has 0 aliphatic rings. The lowest BCUT2D eigenvalue weighted by Crippen LogP contribution is -2.29. The minimum atomic E-state index is -4.94. The van der Waals surface area contributed by atoms with E-state index in [1.807, 2.05) is 18.2 Å². The third kappa shape index (κ3) is 6.07. The molecule has 2 amide bonds. The highest BCUT2D eigenvalue weighted by molar-refractivity contribution is 6.31.